The zero-order chi connectivity index (χ0) is 53.3. The van der Waals surface area contributed by atoms with Gasteiger partial charge in [-0.05, 0) is 122 Å². The molecule has 1 aliphatic carbocycles. The molecule has 0 radical (unpaired) electrons. The molecular formula is C63H96N2O9. The number of hydrogen-bond acceptors (Lipinski definition) is 10. The minimum absolute atomic E-state index is 0.119. The van der Waals surface area contributed by atoms with E-state index in [1.165, 1.54) is 0 Å². The molecule has 1 heterocycles. The van der Waals surface area contributed by atoms with Crippen molar-refractivity contribution in [3.05, 3.63) is 109 Å². The van der Waals surface area contributed by atoms with Crippen molar-refractivity contribution >= 4 is 29.8 Å². The lowest BCUT2D eigenvalue weighted by Gasteiger charge is -2.36. The number of aryl methyl sites for hydroxylation is 1. The first-order valence-electron chi connectivity index (χ1n) is 28.9. The molecule has 1 aromatic carbocycles. The Morgan fingerprint density at radius 1 is 0.635 bits per heavy atom. The monoisotopic (exact) mass is 1020 g/mol. The van der Waals surface area contributed by atoms with Gasteiger partial charge in [0.2, 0.25) is 5.91 Å². The highest BCUT2D eigenvalue weighted by Crippen LogP contribution is 2.40. The van der Waals surface area contributed by atoms with Crippen LogP contribution in [0.15, 0.2) is 103 Å². The average Bonchev–Trinajstić information content (AvgIpc) is 3.80. The highest BCUT2D eigenvalue weighted by atomic mass is 16.6. The van der Waals surface area contributed by atoms with Gasteiger partial charge in [-0.15, -0.1) is 0 Å². The van der Waals surface area contributed by atoms with Crippen LogP contribution in [0.1, 0.15) is 200 Å². The molecule has 11 heteroatoms. The van der Waals surface area contributed by atoms with Crippen LogP contribution in [0.2, 0.25) is 0 Å². The van der Waals surface area contributed by atoms with Gasteiger partial charge in [0.05, 0.1) is 12.6 Å². The summed E-state index contributed by atoms with van der Waals surface area (Å²) in [5.74, 6) is -1.99. The van der Waals surface area contributed by atoms with Gasteiger partial charge in [0, 0.05) is 18.9 Å². The molecule has 1 N–H and O–H groups in total. The minimum Gasteiger partial charge on any atom is -0.465 e. The summed E-state index contributed by atoms with van der Waals surface area (Å²) in [6.45, 7) is 7.53. The summed E-state index contributed by atoms with van der Waals surface area (Å²) in [5, 5.41) is 3.26. The summed E-state index contributed by atoms with van der Waals surface area (Å²) in [7, 11) is 0. The standard InChI is InChI=1S/C63H96N2O9/c1-5-8-10-12-14-16-18-20-22-24-26-28-30-32-37-45-59(66)72-50-55(51-73-60(67)46-38-33-31-29-27-25-23-21-19-17-15-13-11-9-6-2)74-63(70)58-49-54-43-39-40-44-57(54)65(58)61(68)52(4)64-56(62(69)71-7-3)48-47-53-41-35-34-36-42-53/h10-17,20-23,34-36,41-42,52,54-58,64H,5-9,18-19,24-33,37-40,43-51H2,1-4H3/t52-,54-,55?,56-,57-,58-/m0/s1. The van der Waals surface area contributed by atoms with E-state index in [0.29, 0.717) is 32.1 Å². The number of allylic oxidation sites excluding steroid dienone is 12. The zero-order valence-electron chi connectivity index (χ0n) is 46.1. The van der Waals surface area contributed by atoms with Crippen LogP contribution >= 0.6 is 0 Å². The average molecular weight is 1030 g/mol. The first kappa shape index (κ1) is 63.3. The van der Waals surface area contributed by atoms with Gasteiger partial charge in [-0.25, -0.2) is 4.79 Å². The zero-order valence-corrected chi connectivity index (χ0v) is 46.1. The van der Waals surface area contributed by atoms with Gasteiger partial charge in [-0.2, -0.15) is 0 Å². The van der Waals surface area contributed by atoms with E-state index in [-0.39, 0.29) is 50.5 Å². The van der Waals surface area contributed by atoms with Crippen molar-refractivity contribution in [2.24, 2.45) is 5.92 Å². The maximum Gasteiger partial charge on any atom is 0.329 e. The number of amides is 1. The molecule has 2 aliphatic rings. The molecule has 0 aromatic heterocycles. The lowest BCUT2D eigenvalue weighted by Crippen LogP contribution is -2.56. The Morgan fingerprint density at radius 2 is 1.18 bits per heavy atom. The predicted octanol–water partition coefficient (Wildman–Crippen LogP) is 13.9. The number of ether oxygens (including phenoxy) is 4. The van der Waals surface area contributed by atoms with Crippen LogP contribution in [0.5, 0.6) is 0 Å². The Kier molecular flexibility index (Phi) is 35.3. The Labute approximate surface area is 447 Å². The second-order valence-electron chi connectivity index (χ2n) is 20.1. The number of esters is 4. The topological polar surface area (TPSA) is 138 Å². The highest BCUT2D eigenvalue weighted by Gasteiger charge is 2.49. The maximum atomic E-state index is 14.5. The molecule has 1 aliphatic heterocycles. The van der Waals surface area contributed by atoms with Crippen LogP contribution in [-0.4, -0.2) is 84.8 Å². The third-order valence-corrected chi connectivity index (χ3v) is 13.8. The Bertz CT molecular complexity index is 1820. The number of rotatable bonds is 40. The van der Waals surface area contributed by atoms with E-state index in [4.69, 9.17) is 18.9 Å². The minimum atomic E-state index is -1.04. The summed E-state index contributed by atoms with van der Waals surface area (Å²) in [5.41, 5.74) is 1.07. The molecule has 1 aromatic rings. The van der Waals surface area contributed by atoms with E-state index in [9.17, 15) is 24.0 Å². The molecule has 11 nitrogen and oxygen atoms in total. The van der Waals surface area contributed by atoms with Gasteiger partial charge in [0.1, 0.15) is 25.3 Å². The van der Waals surface area contributed by atoms with E-state index in [2.05, 4.69) is 92.1 Å². The molecule has 2 fully saturated rings. The van der Waals surface area contributed by atoms with Crippen LogP contribution in [0.4, 0.5) is 0 Å². The Morgan fingerprint density at radius 3 is 1.74 bits per heavy atom. The number of unbranched alkanes of at least 4 members (excludes halogenated alkanes) is 12. The number of carbonyl (C=O) groups excluding carboxylic acids is 5. The number of nitrogens with zero attached hydrogens (tertiary/aromatic N) is 1. The van der Waals surface area contributed by atoms with Crippen LogP contribution in [0.25, 0.3) is 0 Å². The molecule has 5 atom stereocenters. The van der Waals surface area contributed by atoms with Crippen LogP contribution in [0, 0.1) is 5.92 Å². The van der Waals surface area contributed by atoms with Crippen LogP contribution in [-0.2, 0) is 49.3 Å². The number of hydrogen-bond donors (Lipinski definition) is 1. The van der Waals surface area contributed by atoms with Gasteiger partial charge in [-0.3, -0.25) is 24.5 Å². The fraction of sp³-hybridized carbons (Fsp3) is 0.635. The molecule has 412 valence electrons. The van der Waals surface area contributed by atoms with Crippen molar-refractivity contribution in [2.75, 3.05) is 19.8 Å². The molecule has 0 unspecified atom stereocenters. The summed E-state index contributed by atoms with van der Waals surface area (Å²) in [6, 6.07) is 7.30. The molecule has 1 saturated carbocycles. The summed E-state index contributed by atoms with van der Waals surface area (Å²) >= 11 is 0. The normalized spacial score (nSPS) is 18.2. The number of carbonyl (C=O) groups is 5. The van der Waals surface area contributed by atoms with Gasteiger partial charge in [0.25, 0.3) is 0 Å². The highest BCUT2D eigenvalue weighted by molar-refractivity contribution is 5.89. The van der Waals surface area contributed by atoms with Crippen molar-refractivity contribution in [3.63, 3.8) is 0 Å². The summed E-state index contributed by atoms with van der Waals surface area (Å²) in [6.07, 6.45) is 48.6. The Balaban J connectivity index is 1.56. The van der Waals surface area contributed by atoms with Crippen LogP contribution in [0.3, 0.4) is 0 Å². The SMILES string of the molecule is CCCC=CC=CCC=CCCCCCCCC(=O)OCC(COC(=O)CCCCCCCC=CCC=CC=CCCC)OC(=O)[C@@H]1C[C@@H]2CCCC[C@@H]2N1C(=O)[C@H](C)N[C@@H](CCc1ccccc1)C(=O)OCC. The Hall–Kier alpha value is -5.03. The van der Waals surface area contributed by atoms with Crippen molar-refractivity contribution < 1.29 is 42.9 Å². The van der Waals surface area contributed by atoms with E-state index < -0.39 is 48.1 Å². The van der Waals surface area contributed by atoms with Gasteiger partial charge in [0.15, 0.2) is 6.10 Å². The fourth-order valence-corrected chi connectivity index (χ4v) is 9.63. The molecule has 74 heavy (non-hydrogen) atoms. The van der Waals surface area contributed by atoms with E-state index in [1.54, 1.807) is 18.7 Å². The molecule has 1 amide bonds. The number of benzene rings is 1. The molecule has 0 bridgehead atoms. The molecule has 3 rings (SSSR count). The van der Waals surface area contributed by atoms with Crippen molar-refractivity contribution in [1.82, 2.24) is 10.2 Å². The second-order valence-corrected chi connectivity index (χ2v) is 20.1. The van der Waals surface area contributed by atoms with Crippen molar-refractivity contribution in [3.8, 4) is 0 Å². The predicted molar refractivity (Wildman–Crippen MR) is 299 cm³/mol. The summed E-state index contributed by atoms with van der Waals surface area (Å²) in [4.78, 5) is 69.8. The first-order valence-corrected chi connectivity index (χ1v) is 28.9. The molecule has 1 saturated heterocycles. The van der Waals surface area contributed by atoms with Gasteiger partial charge in [-0.1, -0.05) is 181 Å². The molecular weight excluding hydrogens is 929 g/mol. The first-order chi connectivity index (χ1) is 36.2. The summed E-state index contributed by atoms with van der Waals surface area (Å²) < 4.78 is 22.9. The lowest BCUT2D eigenvalue weighted by atomic mass is 9.84. The van der Waals surface area contributed by atoms with Crippen molar-refractivity contribution in [1.29, 1.82) is 0 Å². The quantitative estimate of drug-likeness (QED) is 0.0222. The van der Waals surface area contributed by atoms with E-state index in [1.807, 2.05) is 30.3 Å². The largest absolute Gasteiger partial charge is 0.465 e. The van der Waals surface area contributed by atoms with Gasteiger partial charge >= 0.3 is 23.9 Å². The van der Waals surface area contributed by atoms with Gasteiger partial charge < -0.3 is 23.8 Å². The number of fused-ring (bicyclic) bond motifs is 1. The third-order valence-electron chi connectivity index (χ3n) is 13.8. The number of likely N-dealkylation sites (tertiary alicyclic amines) is 1. The fourth-order valence-electron chi connectivity index (χ4n) is 9.63. The maximum absolute atomic E-state index is 14.5. The molecule has 0 spiro atoms. The van der Waals surface area contributed by atoms with Crippen molar-refractivity contribution in [2.45, 2.75) is 231 Å². The van der Waals surface area contributed by atoms with Crippen LogP contribution < -0.4 is 5.32 Å². The van der Waals surface area contributed by atoms with E-state index >= 15 is 0 Å². The second kappa shape index (κ2) is 41.2. The third kappa shape index (κ3) is 28.0. The van der Waals surface area contributed by atoms with E-state index in [0.717, 1.165) is 134 Å². The lowest BCUT2D eigenvalue weighted by molar-refractivity contribution is -0.171. The smallest absolute Gasteiger partial charge is 0.329 e. The number of nitrogens with one attached hydrogen (secondary N) is 1.